The monoisotopic (exact) mass is 239 g/mol. The molecule has 1 aliphatic carbocycles. The van der Waals surface area contributed by atoms with Gasteiger partial charge in [-0.1, -0.05) is 6.42 Å². The van der Waals surface area contributed by atoms with Gasteiger partial charge in [0.05, 0.1) is 17.8 Å². The zero-order valence-corrected chi connectivity index (χ0v) is 10.8. The fourth-order valence-electron chi connectivity index (χ4n) is 1.78. The Labute approximate surface area is 99.8 Å². The molecule has 0 unspecified atom stereocenters. The number of aromatic nitrogens is 1. The molecule has 2 rings (SSSR count). The van der Waals surface area contributed by atoms with Crippen molar-refractivity contribution >= 4 is 17.3 Å². The molecule has 0 atom stereocenters. The molecule has 1 saturated carbocycles. The molecule has 1 fully saturated rings. The third-order valence-electron chi connectivity index (χ3n) is 3.31. The minimum Gasteiger partial charge on any atom is -0.468 e. The molecule has 0 bridgehead atoms. The van der Waals surface area contributed by atoms with Crippen LogP contribution in [-0.2, 0) is 14.9 Å². The van der Waals surface area contributed by atoms with E-state index in [9.17, 15) is 4.79 Å². The molecule has 16 heavy (non-hydrogen) atoms. The highest BCUT2D eigenvalue weighted by Gasteiger charge is 2.34. The number of hydrogen-bond donors (Lipinski definition) is 0. The van der Waals surface area contributed by atoms with Gasteiger partial charge in [0.1, 0.15) is 5.41 Å². The van der Waals surface area contributed by atoms with E-state index in [0.29, 0.717) is 5.92 Å². The molecule has 88 valence electrons. The minimum atomic E-state index is -0.632. The van der Waals surface area contributed by atoms with Crippen LogP contribution in [0.15, 0.2) is 5.38 Å². The molecular weight excluding hydrogens is 222 g/mol. The summed E-state index contributed by atoms with van der Waals surface area (Å²) in [4.78, 5) is 16.2. The summed E-state index contributed by atoms with van der Waals surface area (Å²) < 4.78 is 4.81. The van der Waals surface area contributed by atoms with E-state index < -0.39 is 5.41 Å². The van der Waals surface area contributed by atoms with Crippen LogP contribution in [0.4, 0.5) is 0 Å². The Balaban J connectivity index is 2.20. The largest absolute Gasteiger partial charge is 0.468 e. The molecular formula is C12H17NO2S. The third kappa shape index (κ3) is 1.86. The first kappa shape index (κ1) is 11.6. The molecule has 0 amide bonds. The first-order chi connectivity index (χ1) is 7.55. The van der Waals surface area contributed by atoms with Crippen LogP contribution >= 0.6 is 11.3 Å². The van der Waals surface area contributed by atoms with Crippen molar-refractivity contribution in [2.45, 2.75) is 44.4 Å². The molecule has 0 aliphatic heterocycles. The van der Waals surface area contributed by atoms with Gasteiger partial charge in [-0.25, -0.2) is 4.98 Å². The number of carbonyl (C=O) groups excluding carboxylic acids is 1. The van der Waals surface area contributed by atoms with Crippen molar-refractivity contribution in [2.24, 2.45) is 0 Å². The van der Waals surface area contributed by atoms with E-state index in [-0.39, 0.29) is 5.97 Å². The highest BCUT2D eigenvalue weighted by atomic mass is 32.1. The van der Waals surface area contributed by atoms with Gasteiger partial charge < -0.3 is 4.74 Å². The summed E-state index contributed by atoms with van der Waals surface area (Å²) in [5.41, 5.74) is 0.207. The van der Waals surface area contributed by atoms with Crippen LogP contribution < -0.4 is 0 Å². The molecule has 3 nitrogen and oxygen atoms in total. The van der Waals surface area contributed by atoms with Crippen LogP contribution in [0, 0.1) is 0 Å². The Bertz CT molecular complexity index is 393. The lowest BCUT2D eigenvalue weighted by atomic mass is 9.86. The predicted octanol–water partition coefficient (Wildman–Crippen LogP) is 2.86. The molecule has 0 radical (unpaired) electrons. The number of esters is 1. The summed E-state index contributed by atoms with van der Waals surface area (Å²) in [7, 11) is 1.42. The van der Waals surface area contributed by atoms with Crippen molar-refractivity contribution in [3.05, 3.63) is 16.1 Å². The molecule has 1 aliphatic rings. The number of ether oxygens (including phenoxy) is 1. The Morgan fingerprint density at radius 3 is 2.75 bits per heavy atom. The van der Waals surface area contributed by atoms with Crippen LogP contribution in [0.3, 0.4) is 0 Å². The zero-order valence-electron chi connectivity index (χ0n) is 9.95. The van der Waals surface area contributed by atoms with Gasteiger partial charge in [0.15, 0.2) is 0 Å². The van der Waals surface area contributed by atoms with Crippen molar-refractivity contribution in [1.29, 1.82) is 0 Å². The topological polar surface area (TPSA) is 39.2 Å². The van der Waals surface area contributed by atoms with Gasteiger partial charge >= 0.3 is 5.97 Å². The van der Waals surface area contributed by atoms with Crippen LogP contribution in [0.5, 0.6) is 0 Å². The second kappa shape index (κ2) is 4.17. The SMILES string of the molecule is COC(=O)C(C)(C)c1csc(C2CCC2)n1. The average Bonchev–Trinajstić information content (AvgIpc) is 2.63. The van der Waals surface area contributed by atoms with E-state index in [1.807, 2.05) is 19.2 Å². The Hall–Kier alpha value is -0.900. The number of methoxy groups -OCH3 is 1. The van der Waals surface area contributed by atoms with Gasteiger partial charge in [0, 0.05) is 11.3 Å². The Morgan fingerprint density at radius 1 is 1.56 bits per heavy atom. The standard InChI is InChI=1S/C12H17NO2S/c1-12(2,11(14)15-3)9-7-16-10(13-9)8-5-4-6-8/h7-8H,4-6H2,1-3H3. The molecule has 1 heterocycles. The second-order valence-electron chi connectivity index (χ2n) is 4.82. The fourth-order valence-corrected chi connectivity index (χ4v) is 2.94. The van der Waals surface area contributed by atoms with Crippen LogP contribution in [0.25, 0.3) is 0 Å². The van der Waals surface area contributed by atoms with E-state index in [4.69, 9.17) is 4.74 Å². The summed E-state index contributed by atoms with van der Waals surface area (Å²) >= 11 is 1.67. The van der Waals surface area contributed by atoms with E-state index in [2.05, 4.69) is 4.98 Å². The maximum Gasteiger partial charge on any atom is 0.317 e. The minimum absolute atomic E-state index is 0.224. The highest BCUT2D eigenvalue weighted by Crippen LogP contribution is 2.39. The highest BCUT2D eigenvalue weighted by molar-refractivity contribution is 7.09. The smallest absolute Gasteiger partial charge is 0.317 e. The van der Waals surface area contributed by atoms with Crippen LogP contribution in [0.2, 0.25) is 0 Å². The molecule has 0 N–H and O–H groups in total. The lowest BCUT2D eigenvalue weighted by Gasteiger charge is -2.23. The normalized spacial score (nSPS) is 16.9. The fraction of sp³-hybridized carbons (Fsp3) is 0.667. The van der Waals surface area contributed by atoms with Crippen LogP contribution in [0.1, 0.15) is 49.7 Å². The van der Waals surface area contributed by atoms with Crippen molar-refractivity contribution in [2.75, 3.05) is 7.11 Å². The molecule has 0 saturated heterocycles. The second-order valence-corrected chi connectivity index (χ2v) is 5.71. The molecule has 0 spiro atoms. The quantitative estimate of drug-likeness (QED) is 0.761. The summed E-state index contributed by atoms with van der Waals surface area (Å²) in [6, 6.07) is 0. The lowest BCUT2D eigenvalue weighted by Crippen LogP contribution is -2.30. The number of rotatable bonds is 3. The zero-order chi connectivity index (χ0) is 11.8. The van der Waals surface area contributed by atoms with Gasteiger partial charge in [0.25, 0.3) is 0 Å². The summed E-state index contributed by atoms with van der Waals surface area (Å²) in [6.07, 6.45) is 3.79. The van der Waals surface area contributed by atoms with E-state index in [1.165, 1.54) is 31.4 Å². The van der Waals surface area contributed by atoms with E-state index >= 15 is 0 Å². The number of nitrogens with zero attached hydrogens (tertiary/aromatic N) is 1. The summed E-state index contributed by atoms with van der Waals surface area (Å²) in [6.45, 7) is 3.72. The number of thiazole rings is 1. The summed E-state index contributed by atoms with van der Waals surface area (Å²) in [5.74, 6) is 0.408. The van der Waals surface area contributed by atoms with Gasteiger partial charge in [-0.2, -0.15) is 0 Å². The number of carbonyl (C=O) groups is 1. The Kier molecular flexibility index (Phi) is 3.02. The molecule has 4 heteroatoms. The first-order valence-corrected chi connectivity index (χ1v) is 6.48. The summed E-state index contributed by atoms with van der Waals surface area (Å²) in [5, 5.41) is 3.17. The van der Waals surface area contributed by atoms with Crippen molar-refractivity contribution in [1.82, 2.24) is 4.98 Å². The molecule has 1 aromatic rings. The van der Waals surface area contributed by atoms with Gasteiger partial charge in [-0.3, -0.25) is 4.79 Å². The van der Waals surface area contributed by atoms with Crippen molar-refractivity contribution < 1.29 is 9.53 Å². The number of hydrogen-bond acceptors (Lipinski definition) is 4. The molecule has 0 aromatic carbocycles. The average molecular weight is 239 g/mol. The molecule has 1 aromatic heterocycles. The third-order valence-corrected chi connectivity index (χ3v) is 4.32. The maximum atomic E-state index is 11.6. The van der Waals surface area contributed by atoms with E-state index in [1.54, 1.807) is 11.3 Å². The predicted molar refractivity (Wildman–Crippen MR) is 63.7 cm³/mol. The maximum absolute atomic E-state index is 11.6. The van der Waals surface area contributed by atoms with Crippen molar-refractivity contribution in [3.63, 3.8) is 0 Å². The lowest BCUT2D eigenvalue weighted by molar-refractivity contribution is -0.146. The Morgan fingerprint density at radius 2 is 2.25 bits per heavy atom. The van der Waals surface area contributed by atoms with Crippen molar-refractivity contribution in [3.8, 4) is 0 Å². The van der Waals surface area contributed by atoms with Crippen LogP contribution in [-0.4, -0.2) is 18.1 Å². The van der Waals surface area contributed by atoms with Gasteiger partial charge in [-0.15, -0.1) is 11.3 Å². The van der Waals surface area contributed by atoms with Gasteiger partial charge in [-0.05, 0) is 26.7 Å². The van der Waals surface area contributed by atoms with E-state index in [0.717, 1.165) is 5.69 Å². The van der Waals surface area contributed by atoms with Gasteiger partial charge in [0.2, 0.25) is 0 Å². The first-order valence-electron chi connectivity index (χ1n) is 5.60.